The molecule has 1 aliphatic rings. The van der Waals surface area contributed by atoms with Gasteiger partial charge in [0, 0.05) is 37.7 Å². The Bertz CT molecular complexity index is 516. The van der Waals surface area contributed by atoms with Crippen LogP contribution in [0.3, 0.4) is 0 Å². The van der Waals surface area contributed by atoms with Crippen molar-refractivity contribution in [2.45, 2.75) is 20.0 Å². The second kappa shape index (κ2) is 8.52. The number of aliphatic hydroxyl groups excluding tert-OH is 1. The van der Waals surface area contributed by atoms with Gasteiger partial charge in [-0.3, -0.25) is 9.69 Å². The van der Waals surface area contributed by atoms with Gasteiger partial charge in [0.2, 0.25) is 0 Å². The van der Waals surface area contributed by atoms with Gasteiger partial charge in [0.15, 0.2) is 6.10 Å². The van der Waals surface area contributed by atoms with Crippen LogP contribution in [-0.2, 0) is 4.79 Å². The van der Waals surface area contributed by atoms with Gasteiger partial charge in [-0.05, 0) is 24.1 Å². The Balaban J connectivity index is 1.99. The first kappa shape index (κ1) is 18.0. The molecule has 1 heterocycles. The van der Waals surface area contributed by atoms with E-state index in [0.717, 1.165) is 13.1 Å². The zero-order valence-electron chi connectivity index (χ0n) is 13.7. The maximum absolute atomic E-state index is 12.8. The van der Waals surface area contributed by atoms with E-state index < -0.39 is 6.10 Å². The summed E-state index contributed by atoms with van der Waals surface area (Å²) in [5, 5.41) is 9.58. The van der Waals surface area contributed by atoms with Gasteiger partial charge in [-0.25, -0.2) is 0 Å². The molecule has 0 aliphatic carbocycles. The van der Waals surface area contributed by atoms with Gasteiger partial charge in [-0.1, -0.05) is 31.5 Å². The largest absolute Gasteiger partial charge is 0.480 e. The van der Waals surface area contributed by atoms with Gasteiger partial charge in [-0.2, -0.15) is 0 Å². The van der Waals surface area contributed by atoms with Crippen molar-refractivity contribution in [2.75, 3.05) is 39.3 Å². The maximum atomic E-state index is 12.8. The van der Waals surface area contributed by atoms with Crippen molar-refractivity contribution in [3.63, 3.8) is 0 Å². The van der Waals surface area contributed by atoms with E-state index in [4.69, 9.17) is 21.4 Å². The fraction of sp³-hybridized carbons (Fsp3) is 0.588. The van der Waals surface area contributed by atoms with E-state index in [1.54, 1.807) is 12.1 Å². The molecule has 0 saturated carbocycles. The Morgan fingerprint density at radius 1 is 1.30 bits per heavy atom. The van der Waals surface area contributed by atoms with Crippen LogP contribution in [0.4, 0.5) is 0 Å². The Morgan fingerprint density at radius 2 is 2.00 bits per heavy atom. The lowest BCUT2D eigenvalue weighted by molar-refractivity contribution is -0.142. The molecule has 128 valence electrons. The summed E-state index contributed by atoms with van der Waals surface area (Å²) in [7, 11) is 0. The number of piperazine rings is 1. The Morgan fingerprint density at radius 3 is 2.57 bits per heavy atom. The van der Waals surface area contributed by atoms with Gasteiger partial charge < -0.3 is 14.7 Å². The number of nitrogens with zero attached hydrogens (tertiary/aromatic N) is 2. The quantitative estimate of drug-likeness (QED) is 0.859. The molecule has 0 bridgehead atoms. The number of carbonyl (C=O) groups excluding carboxylic acids is 1. The van der Waals surface area contributed by atoms with Crippen LogP contribution in [0, 0.1) is 5.92 Å². The van der Waals surface area contributed by atoms with Crippen molar-refractivity contribution >= 4 is 17.5 Å². The molecule has 1 saturated heterocycles. The molecule has 23 heavy (non-hydrogen) atoms. The van der Waals surface area contributed by atoms with E-state index in [1.807, 2.05) is 30.9 Å². The molecule has 1 fully saturated rings. The molecule has 1 unspecified atom stereocenters. The van der Waals surface area contributed by atoms with E-state index in [9.17, 15) is 4.79 Å². The predicted molar refractivity (Wildman–Crippen MR) is 90.8 cm³/mol. The topological polar surface area (TPSA) is 53.0 Å². The summed E-state index contributed by atoms with van der Waals surface area (Å²) in [6.45, 7) is 7.68. The van der Waals surface area contributed by atoms with Crippen LogP contribution in [0.1, 0.15) is 13.8 Å². The molecule has 2 rings (SSSR count). The van der Waals surface area contributed by atoms with Gasteiger partial charge in [0.1, 0.15) is 5.75 Å². The molecule has 1 aliphatic heterocycles. The first-order chi connectivity index (χ1) is 11.0. The number of carbonyl (C=O) groups is 1. The molecule has 0 radical (unpaired) electrons. The average molecular weight is 341 g/mol. The van der Waals surface area contributed by atoms with Crippen molar-refractivity contribution in [1.82, 2.24) is 9.80 Å². The van der Waals surface area contributed by atoms with Crippen molar-refractivity contribution < 1.29 is 14.6 Å². The minimum atomic E-state index is -0.516. The maximum Gasteiger partial charge on any atom is 0.264 e. The van der Waals surface area contributed by atoms with E-state index in [2.05, 4.69) is 4.90 Å². The van der Waals surface area contributed by atoms with Crippen molar-refractivity contribution in [3.05, 3.63) is 29.3 Å². The third kappa shape index (κ3) is 5.09. The molecular weight excluding hydrogens is 316 g/mol. The Hall–Kier alpha value is -1.30. The smallest absolute Gasteiger partial charge is 0.264 e. The van der Waals surface area contributed by atoms with E-state index in [1.165, 1.54) is 0 Å². The fourth-order valence-electron chi connectivity index (χ4n) is 2.67. The summed E-state index contributed by atoms with van der Waals surface area (Å²) in [6, 6.07) is 7.13. The standard InChI is InChI=1S/C17H25ClN2O3/c1-13(2)16(23-15-5-3-4-14(18)12-15)17(22)20-8-6-19(7-9-20)10-11-21/h3-5,12-13,16,21H,6-11H2,1-2H3. The highest BCUT2D eigenvalue weighted by molar-refractivity contribution is 6.30. The summed E-state index contributed by atoms with van der Waals surface area (Å²) < 4.78 is 5.92. The first-order valence-corrected chi connectivity index (χ1v) is 8.43. The van der Waals surface area contributed by atoms with E-state index in [-0.39, 0.29) is 18.4 Å². The van der Waals surface area contributed by atoms with Gasteiger partial charge in [0.05, 0.1) is 6.61 Å². The third-order valence-corrected chi connectivity index (χ3v) is 4.24. The highest BCUT2D eigenvalue weighted by Crippen LogP contribution is 2.21. The normalized spacial score (nSPS) is 17.3. The lowest BCUT2D eigenvalue weighted by atomic mass is 10.1. The van der Waals surface area contributed by atoms with Gasteiger partial charge in [0.25, 0.3) is 5.91 Å². The van der Waals surface area contributed by atoms with Crippen LogP contribution < -0.4 is 4.74 Å². The SMILES string of the molecule is CC(C)C(Oc1cccc(Cl)c1)C(=O)N1CCN(CCO)CC1. The summed E-state index contributed by atoms with van der Waals surface area (Å²) in [6.07, 6.45) is -0.516. The second-order valence-electron chi connectivity index (χ2n) is 6.13. The van der Waals surface area contributed by atoms with E-state index in [0.29, 0.717) is 30.4 Å². The van der Waals surface area contributed by atoms with Crippen LogP contribution >= 0.6 is 11.6 Å². The number of amides is 1. The lowest BCUT2D eigenvalue weighted by Gasteiger charge is -2.36. The number of hydrogen-bond acceptors (Lipinski definition) is 4. The molecule has 1 N–H and O–H groups in total. The molecule has 1 amide bonds. The predicted octanol–water partition coefficient (Wildman–Crippen LogP) is 1.88. The number of ether oxygens (including phenoxy) is 1. The minimum absolute atomic E-state index is 0.0172. The fourth-order valence-corrected chi connectivity index (χ4v) is 2.85. The highest BCUT2D eigenvalue weighted by atomic mass is 35.5. The Kier molecular flexibility index (Phi) is 6.69. The van der Waals surface area contributed by atoms with Crippen LogP contribution in [0.15, 0.2) is 24.3 Å². The molecule has 0 aromatic heterocycles. The summed E-state index contributed by atoms with van der Waals surface area (Å²) in [4.78, 5) is 16.8. The van der Waals surface area contributed by atoms with Crippen molar-refractivity contribution in [1.29, 1.82) is 0 Å². The first-order valence-electron chi connectivity index (χ1n) is 8.05. The van der Waals surface area contributed by atoms with Gasteiger partial charge in [-0.15, -0.1) is 0 Å². The monoisotopic (exact) mass is 340 g/mol. The molecule has 6 heteroatoms. The zero-order chi connectivity index (χ0) is 16.8. The number of β-amino-alcohol motifs (C(OH)–C–C–N with tert-alkyl or cyclic N) is 1. The summed E-state index contributed by atoms with van der Waals surface area (Å²) in [5.74, 6) is 0.698. The summed E-state index contributed by atoms with van der Waals surface area (Å²) >= 11 is 5.98. The lowest BCUT2D eigenvalue weighted by Crippen LogP contribution is -2.53. The van der Waals surface area contributed by atoms with E-state index >= 15 is 0 Å². The number of aliphatic hydroxyl groups is 1. The molecule has 1 atom stereocenters. The van der Waals surface area contributed by atoms with Crippen LogP contribution in [0.25, 0.3) is 0 Å². The molecule has 0 spiro atoms. The number of halogens is 1. The third-order valence-electron chi connectivity index (χ3n) is 4.01. The Labute approximate surface area is 142 Å². The average Bonchev–Trinajstić information content (AvgIpc) is 2.53. The molecular formula is C17H25ClN2O3. The number of benzene rings is 1. The molecule has 1 aromatic carbocycles. The number of hydrogen-bond donors (Lipinski definition) is 1. The second-order valence-corrected chi connectivity index (χ2v) is 6.57. The van der Waals surface area contributed by atoms with Gasteiger partial charge >= 0.3 is 0 Å². The minimum Gasteiger partial charge on any atom is -0.480 e. The summed E-state index contributed by atoms with van der Waals surface area (Å²) in [5.41, 5.74) is 0. The number of rotatable bonds is 6. The van der Waals surface area contributed by atoms with Crippen LogP contribution in [0.5, 0.6) is 5.75 Å². The van der Waals surface area contributed by atoms with Crippen LogP contribution in [0.2, 0.25) is 5.02 Å². The highest BCUT2D eigenvalue weighted by Gasteiger charge is 2.31. The van der Waals surface area contributed by atoms with Crippen molar-refractivity contribution in [2.24, 2.45) is 5.92 Å². The molecule has 1 aromatic rings. The molecule has 5 nitrogen and oxygen atoms in total. The zero-order valence-corrected chi connectivity index (χ0v) is 14.5. The van der Waals surface area contributed by atoms with Crippen LogP contribution in [-0.4, -0.2) is 66.2 Å². The van der Waals surface area contributed by atoms with Crippen molar-refractivity contribution in [3.8, 4) is 5.75 Å².